The van der Waals surface area contributed by atoms with Crippen LogP contribution in [0.1, 0.15) is 18.4 Å². The van der Waals surface area contributed by atoms with Crippen molar-refractivity contribution in [3.8, 4) is 0 Å². The van der Waals surface area contributed by atoms with Crippen LogP contribution >= 0.6 is 0 Å². The summed E-state index contributed by atoms with van der Waals surface area (Å²) in [7, 11) is 0. The quantitative estimate of drug-likeness (QED) is 0.789. The standard InChI is InChI=1S/C18H20N6O/c19-18(12-15-8-11-25-15)23-16(13-4-2-1-3-5-13)22-17(24-18)21-14-6-9-20-10-7-14/h1-7,9-10,15H,8,11-12,19H2,(H2,20,21,22,23,24). The van der Waals surface area contributed by atoms with Gasteiger partial charge < -0.3 is 15.4 Å². The Labute approximate surface area is 146 Å². The molecule has 3 heterocycles. The number of nitrogens with one attached hydrogen (secondary N) is 2. The number of nitrogens with two attached hydrogens (primary N) is 1. The summed E-state index contributed by atoms with van der Waals surface area (Å²) in [5, 5.41) is 6.47. The van der Waals surface area contributed by atoms with Crippen LogP contribution in [0.25, 0.3) is 0 Å². The zero-order valence-electron chi connectivity index (χ0n) is 13.7. The van der Waals surface area contributed by atoms with E-state index >= 15 is 0 Å². The summed E-state index contributed by atoms with van der Waals surface area (Å²) in [4.78, 5) is 13.3. The summed E-state index contributed by atoms with van der Waals surface area (Å²) in [6.45, 7) is 0.778. The molecule has 0 aliphatic carbocycles. The van der Waals surface area contributed by atoms with Crippen LogP contribution in [0.4, 0.5) is 5.69 Å². The van der Waals surface area contributed by atoms with Gasteiger partial charge in [0.1, 0.15) is 5.84 Å². The van der Waals surface area contributed by atoms with Gasteiger partial charge in [0.2, 0.25) is 11.7 Å². The van der Waals surface area contributed by atoms with Gasteiger partial charge >= 0.3 is 0 Å². The van der Waals surface area contributed by atoms with E-state index in [-0.39, 0.29) is 6.10 Å². The van der Waals surface area contributed by atoms with Crippen LogP contribution < -0.4 is 16.4 Å². The first-order chi connectivity index (χ1) is 12.2. The number of rotatable bonds is 4. The van der Waals surface area contributed by atoms with Crippen molar-refractivity contribution >= 4 is 17.5 Å². The Kier molecular flexibility index (Phi) is 4.17. The molecule has 2 unspecified atom stereocenters. The van der Waals surface area contributed by atoms with Gasteiger partial charge in [0.05, 0.1) is 6.10 Å². The van der Waals surface area contributed by atoms with Crippen molar-refractivity contribution < 1.29 is 4.74 Å². The number of hydrogen-bond donors (Lipinski definition) is 3. The minimum absolute atomic E-state index is 0.106. The monoisotopic (exact) mass is 336 g/mol. The molecule has 2 aromatic rings. The van der Waals surface area contributed by atoms with Crippen LogP contribution in [0, 0.1) is 0 Å². The van der Waals surface area contributed by atoms with Crippen LogP contribution in [-0.2, 0) is 4.74 Å². The molecule has 25 heavy (non-hydrogen) atoms. The Balaban J connectivity index is 1.63. The molecule has 1 aromatic carbocycles. The minimum atomic E-state index is -1.06. The second-order valence-corrected chi connectivity index (χ2v) is 6.14. The molecule has 4 N–H and O–H groups in total. The van der Waals surface area contributed by atoms with Crippen molar-refractivity contribution in [3.05, 3.63) is 60.4 Å². The lowest BCUT2D eigenvalue weighted by Crippen LogP contribution is -2.52. The van der Waals surface area contributed by atoms with Gasteiger partial charge in [0, 0.05) is 36.7 Å². The summed E-state index contributed by atoms with van der Waals surface area (Å²) in [5.74, 6) is 0.188. The first kappa shape index (κ1) is 15.7. The molecule has 0 amide bonds. The molecule has 128 valence electrons. The molecule has 0 bridgehead atoms. The van der Waals surface area contributed by atoms with E-state index in [0.29, 0.717) is 18.2 Å². The average molecular weight is 336 g/mol. The lowest BCUT2D eigenvalue weighted by molar-refractivity contribution is -0.0644. The normalized spacial score (nSPS) is 25.2. The molecule has 0 radical (unpaired) electrons. The summed E-state index contributed by atoms with van der Waals surface area (Å²) in [6, 6.07) is 13.6. The predicted molar refractivity (Wildman–Crippen MR) is 97.3 cm³/mol. The number of hydrogen-bond acceptors (Lipinski definition) is 7. The van der Waals surface area contributed by atoms with Crippen LogP contribution in [0.15, 0.2) is 64.8 Å². The Bertz CT molecular complexity index is 788. The number of anilines is 1. The van der Waals surface area contributed by atoms with Gasteiger partial charge in [-0.05, 0) is 18.6 Å². The van der Waals surface area contributed by atoms with Crippen molar-refractivity contribution in [2.45, 2.75) is 24.7 Å². The summed E-state index contributed by atoms with van der Waals surface area (Å²) < 4.78 is 5.53. The summed E-state index contributed by atoms with van der Waals surface area (Å²) >= 11 is 0. The van der Waals surface area contributed by atoms with Gasteiger partial charge in [0.15, 0.2) is 0 Å². The fraction of sp³-hybridized carbons (Fsp3) is 0.278. The van der Waals surface area contributed by atoms with E-state index in [0.717, 1.165) is 24.3 Å². The van der Waals surface area contributed by atoms with Crippen LogP contribution in [0.2, 0.25) is 0 Å². The third-order valence-corrected chi connectivity index (χ3v) is 4.16. The number of benzene rings is 1. The maximum absolute atomic E-state index is 6.49. The molecule has 7 nitrogen and oxygen atoms in total. The SMILES string of the molecule is NC1(CC2CCO2)N=C(Nc2ccncc2)NC(c2ccccc2)=N1. The van der Waals surface area contributed by atoms with Gasteiger partial charge in [0.25, 0.3) is 0 Å². The fourth-order valence-electron chi connectivity index (χ4n) is 2.82. The highest BCUT2D eigenvalue weighted by Gasteiger charge is 2.35. The highest BCUT2D eigenvalue weighted by atomic mass is 16.5. The number of pyridine rings is 1. The summed E-state index contributed by atoms with van der Waals surface area (Å²) in [6.07, 6.45) is 5.08. The molecule has 1 fully saturated rings. The van der Waals surface area contributed by atoms with Crippen molar-refractivity contribution in [3.63, 3.8) is 0 Å². The molecule has 0 spiro atoms. The second kappa shape index (κ2) is 6.62. The van der Waals surface area contributed by atoms with Gasteiger partial charge in [-0.15, -0.1) is 0 Å². The molecule has 2 atom stereocenters. The van der Waals surface area contributed by atoms with Gasteiger partial charge in [-0.1, -0.05) is 30.3 Å². The minimum Gasteiger partial charge on any atom is -0.378 e. The zero-order chi connectivity index (χ0) is 17.1. The number of aromatic nitrogens is 1. The largest absolute Gasteiger partial charge is 0.378 e. The number of guanidine groups is 1. The topological polar surface area (TPSA) is 96.9 Å². The van der Waals surface area contributed by atoms with Gasteiger partial charge in [-0.3, -0.25) is 10.7 Å². The molecule has 1 aromatic heterocycles. The lowest BCUT2D eigenvalue weighted by Gasteiger charge is -2.35. The van der Waals surface area contributed by atoms with E-state index in [1.165, 1.54) is 0 Å². The number of aliphatic imine (C=N–C) groups is 2. The van der Waals surface area contributed by atoms with Crippen molar-refractivity contribution in [1.82, 2.24) is 10.3 Å². The van der Waals surface area contributed by atoms with Crippen LogP contribution in [-0.4, -0.2) is 35.3 Å². The zero-order valence-corrected chi connectivity index (χ0v) is 13.7. The van der Waals surface area contributed by atoms with E-state index < -0.39 is 5.79 Å². The molecule has 2 aliphatic rings. The third kappa shape index (κ3) is 3.67. The van der Waals surface area contributed by atoms with Crippen molar-refractivity contribution in [2.75, 3.05) is 11.9 Å². The van der Waals surface area contributed by atoms with Crippen LogP contribution in [0.5, 0.6) is 0 Å². The third-order valence-electron chi connectivity index (χ3n) is 4.16. The van der Waals surface area contributed by atoms with E-state index in [4.69, 9.17) is 10.5 Å². The van der Waals surface area contributed by atoms with E-state index in [1.807, 2.05) is 42.5 Å². The predicted octanol–water partition coefficient (Wildman–Crippen LogP) is 1.69. The first-order valence-electron chi connectivity index (χ1n) is 8.30. The average Bonchev–Trinajstić information content (AvgIpc) is 2.60. The Morgan fingerprint density at radius 1 is 1.16 bits per heavy atom. The molecular weight excluding hydrogens is 316 g/mol. The van der Waals surface area contributed by atoms with Crippen molar-refractivity contribution in [2.24, 2.45) is 15.7 Å². The number of ether oxygens (including phenoxy) is 1. The number of nitrogens with zero attached hydrogens (tertiary/aromatic N) is 3. The lowest BCUT2D eigenvalue weighted by atomic mass is 10.0. The van der Waals surface area contributed by atoms with Crippen LogP contribution in [0.3, 0.4) is 0 Å². The Morgan fingerprint density at radius 2 is 1.92 bits per heavy atom. The van der Waals surface area contributed by atoms with E-state index in [2.05, 4.69) is 25.6 Å². The molecule has 7 heteroatoms. The molecule has 0 saturated carbocycles. The van der Waals surface area contributed by atoms with Gasteiger partial charge in [-0.2, -0.15) is 0 Å². The smallest absolute Gasteiger partial charge is 0.210 e. The molecule has 1 saturated heterocycles. The fourth-order valence-corrected chi connectivity index (χ4v) is 2.82. The number of amidine groups is 1. The molecule has 4 rings (SSSR count). The highest BCUT2D eigenvalue weighted by Crippen LogP contribution is 2.25. The van der Waals surface area contributed by atoms with Gasteiger partial charge in [-0.25, -0.2) is 9.98 Å². The maximum atomic E-state index is 6.49. The highest BCUT2D eigenvalue weighted by molar-refractivity contribution is 6.13. The molecule has 2 aliphatic heterocycles. The Hall–Kier alpha value is -2.77. The Morgan fingerprint density at radius 3 is 2.60 bits per heavy atom. The second-order valence-electron chi connectivity index (χ2n) is 6.14. The molecular formula is C18H20N6O. The van der Waals surface area contributed by atoms with Crippen molar-refractivity contribution in [1.29, 1.82) is 0 Å². The first-order valence-corrected chi connectivity index (χ1v) is 8.30. The summed E-state index contributed by atoms with van der Waals surface area (Å²) in [5.41, 5.74) is 8.32. The maximum Gasteiger partial charge on any atom is 0.210 e. The van der Waals surface area contributed by atoms with E-state index in [1.54, 1.807) is 12.4 Å². The van der Waals surface area contributed by atoms with E-state index in [9.17, 15) is 0 Å².